The summed E-state index contributed by atoms with van der Waals surface area (Å²) in [6.45, 7) is 0.620. The van der Waals surface area contributed by atoms with Crippen molar-refractivity contribution in [2.24, 2.45) is 5.92 Å². The Kier molecular flexibility index (Phi) is 3.97. The summed E-state index contributed by atoms with van der Waals surface area (Å²) in [5.74, 6) is 1.50. The van der Waals surface area contributed by atoms with Gasteiger partial charge in [-0.25, -0.2) is 18.4 Å². The van der Waals surface area contributed by atoms with E-state index in [0.717, 1.165) is 33.6 Å². The van der Waals surface area contributed by atoms with Crippen LogP contribution in [0.4, 0.5) is 5.82 Å². The molecule has 7 heteroatoms. The predicted molar refractivity (Wildman–Crippen MR) is 98.1 cm³/mol. The lowest BCUT2D eigenvalue weighted by molar-refractivity contribution is 0.596. The van der Waals surface area contributed by atoms with Crippen LogP contribution in [0.3, 0.4) is 0 Å². The molecule has 3 heterocycles. The quantitative estimate of drug-likeness (QED) is 0.774. The third kappa shape index (κ3) is 3.01. The minimum Gasteiger partial charge on any atom is -0.369 e. The first-order valence-electron chi connectivity index (χ1n) is 7.84. The Balaban J connectivity index is 1.65. The Morgan fingerprint density at radius 3 is 2.79 bits per heavy atom. The van der Waals surface area contributed by atoms with Crippen LogP contribution in [0.15, 0.2) is 42.0 Å². The molecule has 1 fully saturated rings. The van der Waals surface area contributed by atoms with E-state index in [-0.39, 0.29) is 11.7 Å². The lowest BCUT2D eigenvalue weighted by Gasteiger charge is -2.11. The van der Waals surface area contributed by atoms with Gasteiger partial charge in [-0.1, -0.05) is 30.3 Å². The number of fused-ring (bicyclic) bond motifs is 1. The smallest absolute Gasteiger partial charge is 0.150 e. The van der Waals surface area contributed by atoms with Crippen LogP contribution in [0.1, 0.15) is 6.42 Å². The predicted octanol–water partition coefficient (Wildman–Crippen LogP) is 3.20. The van der Waals surface area contributed by atoms with Gasteiger partial charge in [-0.3, -0.25) is 0 Å². The second-order valence-corrected chi connectivity index (χ2v) is 9.15. The van der Waals surface area contributed by atoms with Gasteiger partial charge in [0.05, 0.1) is 16.9 Å². The highest BCUT2D eigenvalue weighted by molar-refractivity contribution is 7.91. The van der Waals surface area contributed by atoms with Crippen LogP contribution in [0.2, 0.25) is 0 Å². The third-order valence-electron chi connectivity index (χ3n) is 4.34. The van der Waals surface area contributed by atoms with E-state index in [4.69, 9.17) is 0 Å². The van der Waals surface area contributed by atoms with Crippen LogP contribution in [0.5, 0.6) is 0 Å². The molecule has 2 aromatic heterocycles. The number of benzene rings is 1. The molecule has 0 saturated carbocycles. The molecule has 0 radical (unpaired) electrons. The van der Waals surface area contributed by atoms with Gasteiger partial charge in [0.25, 0.3) is 0 Å². The summed E-state index contributed by atoms with van der Waals surface area (Å²) in [4.78, 5) is 9.70. The molecule has 0 bridgehead atoms. The number of rotatable bonds is 4. The van der Waals surface area contributed by atoms with E-state index >= 15 is 0 Å². The SMILES string of the molecule is O=S1(=O)CCC(CNc2ncnc3scc(-c4ccccc4)c23)C1. The first-order chi connectivity index (χ1) is 11.6. The number of hydrogen-bond donors (Lipinski definition) is 1. The third-order valence-corrected chi connectivity index (χ3v) is 7.06. The molecule has 1 N–H and O–H groups in total. The van der Waals surface area contributed by atoms with Crippen molar-refractivity contribution < 1.29 is 8.42 Å². The van der Waals surface area contributed by atoms with Crippen LogP contribution in [0, 0.1) is 5.92 Å². The summed E-state index contributed by atoms with van der Waals surface area (Å²) in [5.41, 5.74) is 2.24. The monoisotopic (exact) mass is 359 g/mol. The van der Waals surface area contributed by atoms with Crippen LogP contribution < -0.4 is 5.32 Å². The van der Waals surface area contributed by atoms with Gasteiger partial charge >= 0.3 is 0 Å². The molecule has 0 spiro atoms. The lowest BCUT2D eigenvalue weighted by atomic mass is 10.1. The molecule has 1 unspecified atom stereocenters. The highest BCUT2D eigenvalue weighted by atomic mass is 32.2. The molecule has 24 heavy (non-hydrogen) atoms. The van der Waals surface area contributed by atoms with Gasteiger partial charge in [0.1, 0.15) is 17.0 Å². The Hall–Kier alpha value is -1.99. The van der Waals surface area contributed by atoms with Gasteiger partial charge in [-0.15, -0.1) is 11.3 Å². The maximum absolute atomic E-state index is 11.6. The lowest BCUT2D eigenvalue weighted by Crippen LogP contribution is -2.16. The normalized spacial score (nSPS) is 19.6. The molecular weight excluding hydrogens is 342 g/mol. The van der Waals surface area contributed by atoms with Crippen molar-refractivity contribution in [2.75, 3.05) is 23.4 Å². The topological polar surface area (TPSA) is 72.0 Å². The molecule has 1 aromatic carbocycles. The van der Waals surface area contributed by atoms with Crippen molar-refractivity contribution in [2.45, 2.75) is 6.42 Å². The van der Waals surface area contributed by atoms with Crippen LogP contribution in [-0.2, 0) is 9.84 Å². The molecular formula is C17H17N3O2S2. The van der Waals surface area contributed by atoms with E-state index in [1.54, 1.807) is 17.7 Å². The standard InChI is InChI=1S/C17H17N3O2S2/c21-24(22)7-6-12(10-24)8-18-16-15-14(13-4-2-1-3-5-13)9-23-17(15)20-11-19-16/h1-5,9,11-12H,6-8,10H2,(H,18,19,20). The maximum atomic E-state index is 11.6. The highest BCUT2D eigenvalue weighted by Crippen LogP contribution is 2.36. The van der Waals surface area contributed by atoms with Crippen LogP contribution >= 0.6 is 11.3 Å². The Morgan fingerprint density at radius 1 is 1.21 bits per heavy atom. The van der Waals surface area contributed by atoms with Gasteiger partial charge < -0.3 is 5.32 Å². The van der Waals surface area contributed by atoms with E-state index in [2.05, 4.69) is 32.8 Å². The largest absolute Gasteiger partial charge is 0.369 e. The van der Waals surface area contributed by atoms with Gasteiger partial charge in [0.15, 0.2) is 9.84 Å². The number of hydrogen-bond acceptors (Lipinski definition) is 6. The fourth-order valence-corrected chi connectivity index (χ4v) is 5.89. The van der Waals surface area contributed by atoms with Crippen molar-refractivity contribution >= 4 is 37.2 Å². The molecule has 3 aromatic rings. The number of thiophene rings is 1. The minimum atomic E-state index is -2.85. The maximum Gasteiger partial charge on any atom is 0.150 e. The van der Waals surface area contributed by atoms with Crippen molar-refractivity contribution in [3.05, 3.63) is 42.0 Å². The first kappa shape index (κ1) is 15.5. The average Bonchev–Trinajstić information content (AvgIpc) is 3.17. The zero-order valence-corrected chi connectivity index (χ0v) is 14.6. The van der Waals surface area contributed by atoms with Crippen molar-refractivity contribution in [1.82, 2.24) is 9.97 Å². The number of anilines is 1. The average molecular weight is 359 g/mol. The van der Waals surface area contributed by atoms with Gasteiger partial charge in [-0.2, -0.15) is 0 Å². The zero-order chi connectivity index (χ0) is 16.6. The molecule has 1 atom stereocenters. The molecule has 4 rings (SSSR count). The summed E-state index contributed by atoms with van der Waals surface area (Å²) in [6, 6.07) is 10.2. The molecule has 5 nitrogen and oxygen atoms in total. The van der Waals surface area contributed by atoms with E-state index < -0.39 is 9.84 Å². The molecule has 0 amide bonds. The van der Waals surface area contributed by atoms with E-state index in [1.165, 1.54) is 0 Å². The number of nitrogens with zero attached hydrogens (tertiary/aromatic N) is 2. The van der Waals surface area contributed by atoms with E-state index in [9.17, 15) is 8.42 Å². The van der Waals surface area contributed by atoms with Gasteiger partial charge in [0.2, 0.25) is 0 Å². The molecule has 124 valence electrons. The number of sulfone groups is 1. The van der Waals surface area contributed by atoms with Gasteiger partial charge in [0, 0.05) is 17.5 Å². The van der Waals surface area contributed by atoms with E-state index in [0.29, 0.717) is 12.3 Å². The Morgan fingerprint density at radius 2 is 2.04 bits per heavy atom. The molecule has 1 saturated heterocycles. The highest BCUT2D eigenvalue weighted by Gasteiger charge is 2.27. The summed E-state index contributed by atoms with van der Waals surface area (Å²) < 4.78 is 23.2. The Labute approximate surface area is 144 Å². The van der Waals surface area contributed by atoms with Crippen LogP contribution in [0.25, 0.3) is 21.3 Å². The van der Waals surface area contributed by atoms with Crippen molar-refractivity contribution in [1.29, 1.82) is 0 Å². The fraction of sp³-hybridized carbons (Fsp3) is 0.294. The molecule has 1 aliphatic heterocycles. The zero-order valence-electron chi connectivity index (χ0n) is 13.0. The van der Waals surface area contributed by atoms with Crippen molar-refractivity contribution in [3.63, 3.8) is 0 Å². The molecule has 1 aliphatic rings. The second kappa shape index (κ2) is 6.14. The molecule has 0 aliphatic carbocycles. The number of aromatic nitrogens is 2. The van der Waals surface area contributed by atoms with Gasteiger partial charge in [-0.05, 0) is 17.9 Å². The van der Waals surface area contributed by atoms with E-state index in [1.807, 2.05) is 18.2 Å². The summed E-state index contributed by atoms with van der Waals surface area (Å²) >= 11 is 1.59. The summed E-state index contributed by atoms with van der Waals surface area (Å²) in [5, 5.41) is 6.46. The Bertz CT molecular complexity index is 968. The second-order valence-electron chi connectivity index (χ2n) is 6.07. The van der Waals surface area contributed by atoms with Crippen molar-refractivity contribution in [3.8, 4) is 11.1 Å². The minimum absolute atomic E-state index is 0.152. The summed E-state index contributed by atoms with van der Waals surface area (Å²) in [7, 11) is -2.85. The summed E-state index contributed by atoms with van der Waals surface area (Å²) in [6.07, 6.45) is 2.28. The first-order valence-corrected chi connectivity index (χ1v) is 10.5. The van der Waals surface area contributed by atoms with Crippen LogP contribution in [-0.4, -0.2) is 36.4 Å². The fourth-order valence-electron chi connectivity index (χ4n) is 3.11. The number of nitrogens with one attached hydrogen (secondary N) is 1.